The smallest absolute Gasteiger partial charge is 0.242 e. The zero-order valence-electron chi connectivity index (χ0n) is 17.8. The van der Waals surface area contributed by atoms with E-state index >= 15 is 0 Å². The summed E-state index contributed by atoms with van der Waals surface area (Å²) in [6.45, 7) is 16.2. The SMILES string of the molecule is CN=C(NCC(C)c1c(C)noc1C)N1CC(=O)N(C(C)C)C(C)(C)C1.I. The number of guanidine groups is 1. The molecule has 1 aliphatic rings. The van der Waals surface area contributed by atoms with Crippen LogP contribution in [0.2, 0.25) is 0 Å². The first-order valence-corrected chi connectivity index (χ1v) is 9.29. The molecule has 154 valence electrons. The largest absolute Gasteiger partial charge is 0.361 e. The molecule has 7 nitrogen and oxygen atoms in total. The van der Waals surface area contributed by atoms with E-state index < -0.39 is 0 Å². The van der Waals surface area contributed by atoms with Crippen LogP contribution in [-0.4, -0.2) is 65.1 Å². The van der Waals surface area contributed by atoms with Crippen LogP contribution in [0.15, 0.2) is 9.52 Å². The lowest BCUT2D eigenvalue weighted by Gasteiger charge is -2.49. The Balaban J connectivity index is 0.00000364. The number of aliphatic imine (C=N–C) groups is 1. The summed E-state index contributed by atoms with van der Waals surface area (Å²) in [5, 5.41) is 7.45. The van der Waals surface area contributed by atoms with Gasteiger partial charge >= 0.3 is 0 Å². The third-order valence-corrected chi connectivity index (χ3v) is 5.00. The molecule has 2 rings (SSSR count). The maximum absolute atomic E-state index is 12.7. The molecule has 1 aromatic rings. The minimum Gasteiger partial charge on any atom is -0.361 e. The fourth-order valence-corrected chi connectivity index (χ4v) is 4.19. The van der Waals surface area contributed by atoms with Crippen LogP contribution in [0.5, 0.6) is 0 Å². The van der Waals surface area contributed by atoms with Crippen LogP contribution in [0.3, 0.4) is 0 Å². The molecule has 1 aliphatic heterocycles. The summed E-state index contributed by atoms with van der Waals surface area (Å²) in [6, 6.07) is 0.189. The van der Waals surface area contributed by atoms with E-state index in [0.717, 1.165) is 29.5 Å². The van der Waals surface area contributed by atoms with E-state index in [1.54, 1.807) is 7.05 Å². The molecule has 2 heterocycles. The molecule has 0 bridgehead atoms. The molecule has 0 aliphatic carbocycles. The van der Waals surface area contributed by atoms with Gasteiger partial charge in [0.2, 0.25) is 5.91 Å². The summed E-state index contributed by atoms with van der Waals surface area (Å²) in [5.74, 6) is 1.98. The summed E-state index contributed by atoms with van der Waals surface area (Å²) in [4.78, 5) is 21.1. The Morgan fingerprint density at radius 3 is 2.41 bits per heavy atom. The van der Waals surface area contributed by atoms with Crippen molar-refractivity contribution in [2.45, 2.75) is 66.0 Å². The van der Waals surface area contributed by atoms with Crippen molar-refractivity contribution >= 4 is 35.8 Å². The second-order valence-electron chi connectivity index (χ2n) is 8.09. The highest BCUT2D eigenvalue weighted by molar-refractivity contribution is 14.0. The van der Waals surface area contributed by atoms with Crippen molar-refractivity contribution in [3.63, 3.8) is 0 Å². The van der Waals surface area contributed by atoms with Gasteiger partial charge in [-0.25, -0.2) is 0 Å². The van der Waals surface area contributed by atoms with Crippen molar-refractivity contribution in [3.05, 3.63) is 17.0 Å². The van der Waals surface area contributed by atoms with Gasteiger partial charge in [0.15, 0.2) is 5.96 Å². The van der Waals surface area contributed by atoms with Crippen LogP contribution >= 0.6 is 24.0 Å². The van der Waals surface area contributed by atoms with Crippen molar-refractivity contribution in [2.75, 3.05) is 26.7 Å². The van der Waals surface area contributed by atoms with Gasteiger partial charge in [0.25, 0.3) is 0 Å². The third kappa shape index (κ3) is 5.14. The van der Waals surface area contributed by atoms with E-state index in [2.05, 4.69) is 50.1 Å². The summed E-state index contributed by atoms with van der Waals surface area (Å²) in [5.41, 5.74) is 1.82. The molecular weight excluding hydrogens is 457 g/mol. The number of rotatable bonds is 4. The Bertz CT molecular complexity index is 664. The Hall–Kier alpha value is -1.32. The molecule has 27 heavy (non-hydrogen) atoms. The minimum atomic E-state index is -0.242. The summed E-state index contributed by atoms with van der Waals surface area (Å²) >= 11 is 0. The van der Waals surface area contributed by atoms with Crippen LogP contribution in [0.1, 0.15) is 57.6 Å². The first kappa shape index (κ1) is 23.7. The molecule has 8 heteroatoms. The van der Waals surface area contributed by atoms with E-state index in [4.69, 9.17) is 4.52 Å². The molecule has 0 radical (unpaired) electrons. The van der Waals surface area contributed by atoms with Gasteiger partial charge in [-0.3, -0.25) is 9.79 Å². The fourth-order valence-electron chi connectivity index (χ4n) is 4.19. The lowest BCUT2D eigenvalue weighted by molar-refractivity contribution is -0.145. The number of hydrogen-bond donors (Lipinski definition) is 1. The molecule has 0 saturated carbocycles. The summed E-state index contributed by atoms with van der Waals surface area (Å²) in [6.07, 6.45) is 0. The lowest BCUT2D eigenvalue weighted by Crippen LogP contribution is -2.66. The quantitative estimate of drug-likeness (QED) is 0.399. The summed E-state index contributed by atoms with van der Waals surface area (Å²) < 4.78 is 5.27. The maximum atomic E-state index is 12.7. The van der Waals surface area contributed by atoms with Gasteiger partial charge in [-0.15, -0.1) is 24.0 Å². The summed E-state index contributed by atoms with van der Waals surface area (Å²) in [7, 11) is 1.76. The molecular formula is C19H34IN5O2. The van der Waals surface area contributed by atoms with Crippen molar-refractivity contribution < 1.29 is 9.32 Å². The van der Waals surface area contributed by atoms with Crippen LogP contribution in [0.25, 0.3) is 0 Å². The number of piperazine rings is 1. The number of carbonyl (C=O) groups is 1. The van der Waals surface area contributed by atoms with E-state index in [1.807, 2.05) is 23.6 Å². The highest BCUT2D eigenvalue weighted by Gasteiger charge is 2.40. The third-order valence-electron chi connectivity index (χ3n) is 5.00. The van der Waals surface area contributed by atoms with Crippen molar-refractivity contribution in [1.82, 2.24) is 20.3 Å². The monoisotopic (exact) mass is 491 g/mol. The van der Waals surface area contributed by atoms with Crippen molar-refractivity contribution in [1.29, 1.82) is 0 Å². The van der Waals surface area contributed by atoms with Gasteiger partial charge in [0.1, 0.15) is 5.76 Å². The van der Waals surface area contributed by atoms with Crippen molar-refractivity contribution in [3.8, 4) is 0 Å². The first-order chi connectivity index (χ1) is 12.1. The second-order valence-corrected chi connectivity index (χ2v) is 8.09. The minimum absolute atomic E-state index is 0. The number of nitrogens with zero attached hydrogens (tertiary/aromatic N) is 4. The molecule has 1 saturated heterocycles. The zero-order valence-corrected chi connectivity index (χ0v) is 20.1. The van der Waals surface area contributed by atoms with E-state index in [-0.39, 0.29) is 47.4 Å². The molecule has 1 N–H and O–H groups in total. The maximum Gasteiger partial charge on any atom is 0.242 e. The van der Waals surface area contributed by atoms with Gasteiger partial charge < -0.3 is 19.6 Å². The number of amides is 1. The van der Waals surface area contributed by atoms with Crippen LogP contribution < -0.4 is 5.32 Å². The zero-order chi connectivity index (χ0) is 19.6. The number of nitrogens with one attached hydrogen (secondary N) is 1. The van der Waals surface area contributed by atoms with Crippen LogP contribution in [0.4, 0.5) is 0 Å². The molecule has 0 spiro atoms. The Morgan fingerprint density at radius 2 is 1.96 bits per heavy atom. The Labute approximate surface area is 180 Å². The highest BCUT2D eigenvalue weighted by atomic mass is 127. The first-order valence-electron chi connectivity index (χ1n) is 9.29. The molecule has 0 aromatic carbocycles. The standard InChI is InChI=1S/C19H33N5O2.HI/c1-12(2)24-16(25)10-23(11-19(24,6)7)18(20-8)21-9-13(3)17-14(4)22-26-15(17)5;/h12-13H,9-11H2,1-8H3,(H,20,21);1H. The average Bonchev–Trinajstić information content (AvgIpc) is 2.84. The molecule has 1 fully saturated rings. The number of aromatic nitrogens is 1. The fraction of sp³-hybridized carbons (Fsp3) is 0.737. The molecule has 1 atom stereocenters. The van der Waals surface area contributed by atoms with Gasteiger partial charge in [-0.05, 0) is 41.5 Å². The number of hydrogen-bond acceptors (Lipinski definition) is 4. The van der Waals surface area contributed by atoms with Crippen molar-refractivity contribution in [2.24, 2.45) is 4.99 Å². The topological polar surface area (TPSA) is 74.0 Å². The van der Waals surface area contributed by atoms with Gasteiger partial charge in [0.05, 0.1) is 17.8 Å². The predicted molar refractivity (Wildman–Crippen MR) is 119 cm³/mol. The number of carbonyl (C=O) groups excluding carboxylic acids is 1. The predicted octanol–water partition coefficient (Wildman–Crippen LogP) is 2.92. The van der Waals surface area contributed by atoms with Gasteiger partial charge in [-0.2, -0.15) is 0 Å². The number of aryl methyl sites for hydroxylation is 2. The average molecular weight is 491 g/mol. The van der Waals surface area contributed by atoms with Crippen LogP contribution in [0, 0.1) is 13.8 Å². The number of halogens is 1. The van der Waals surface area contributed by atoms with E-state index in [1.165, 1.54) is 0 Å². The second kappa shape index (κ2) is 9.25. The molecule has 1 aromatic heterocycles. The van der Waals surface area contributed by atoms with E-state index in [0.29, 0.717) is 13.1 Å². The molecule has 1 unspecified atom stereocenters. The normalized spacial score (nSPS) is 18.6. The highest BCUT2D eigenvalue weighted by Crippen LogP contribution is 2.25. The lowest BCUT2D eigenvalue weighted by atomic mass is 9.96. The Kier molecular flexibility index (Phi) is 8.13. The van der Waals surface area contributed by atoms with Gasteiger partial charge in [0, 0.05) is 37.7 Å². The van der Waals surface area contributed by atoms with Gasteiger partial charge in [-0.1, -0.05) is 12.1 Å². The van der Waals surface area contributed by atoms with Crippen LogP contribution in [-0.2, 0) is 4.79 Å². The molecule has 1 amide bonds. The van der Waals surface area contributed by atoms with E-state index in [9.17, 15) is 4.79 Å². The Morgan fingerprint density at radius 1 is 1.33 bits per heavy atom.